The number of aliphatic hydroxyl groups is 1. The molecule has 0 bridgehead atoms. The Morgan fingerprint density at radius 1 is 1.39 bits per heavy atom. The summed E-state index contributed by atoms with van der Waals surface area (Å²) in [6, 6.07) is 9.39. The molecule has 0 aliphatic heterocycles. The quantitative estimate of drug-likeness (QED) is 0.813. The minimum Gasteiger partial charge on any atom is -0.384 e. The standard InChI is InChI=1S/C15H23NO2/c1-4-8-12(2)14(17)16-11-15(3,18)13-9-6-5-7-10-13/h5-7,9-10,12,18H,4,8,11H2,1-3H3,(H,16,17). The first kappa shape index (κ1) is 14.7. The molecular weight excluding hydrogens is 226 g/mol. The summed E-state index contributed by atoms with van der Waals surface area (Å²) >= 11 is 0. The summed E-state index contributed by atoms with van der Waals surface area (Å²) in [5, 5.41) is 13.1. The third-order valence-electron chi connectivity index (χ3n) is 3.17. The maximum absolute atomic E-state index is 11.8. The Morgan fingerprint density at radius 3 is 2.56 bits per heavy atom. The maximum Gasteiger partial charge on any atom is 0.222 e. The highest BCUT2D eigenvalue weighted by molar-refractivity contribution is 5.78. The first-order chi connectivity index (χ1) is 8.47. The average molecular weight is 249 g/mol. The van der Waals surface area contributed by atoms with Crippen LogP contribution in [0.3, 0.4) is 0 Å². The summed E-state index contributed by atoms with van der Waals surface area (Å²) in [4.78, 5) is 11.8. The van der Waals surface area contributed by atoms with Crippen LogP contribution in [-0.2, 0) is 10.4 Å². The first-order valence-corrected chi connectivity index (χ1v) is 6.53. The molecule has 3 nitrogen and oxygen atoms in total. The lowest BCUT2D eigenvalue weighted by Crippen LogP contribution is -2.40. The van der Waals surface area contributed by atoms with Crippen molar-refractivity contribution in [2.45, 2.75) is 39.2 Å². The molecule has 0 fully saturated rings. The Kier molecular flexibility index (Phi) is 5.35. The Balaban J connectivity index is 2.55. The second-order valence-electron chi connectivity index (χ2n) is 5.05. The van der Waals surface area contributed by atoms with Crippen LogP contribution >= 0.6 is 0 Å². The van der Waals surface area contributed by atoms with Gasteiger partial charge < -0.3 is 10.4 Å². The summed E-state index contributed by atoms with van der Waals surface area (Å²) in [6.45, 7) is 5.93. The Morgan fingerprint density at radius 2 is 2.00 bits per heavy atom. The zero-order valence-electron chi connectivity index (χ0n) is 11.4. The van der Waals surface area contributed by atoms with Crippen LogP contribution in [0.2, 0.25) is 0 Å². The number of carbonyl (C=O) groups excluding carboxylic acids is 1. The van der Waals surface area contributed by atoms with Crippen molar-refractivity contribution in [3.05, 3.63) is 35.9 Å². The highest BCUT2D eigenvalue weighted by Gasteiger charge is 2.24. The maximum atomic E-state index is 11.8. The molecule has 0 aliphatic rings. The zero-order chi connectivity index (χ0) is 13.6. The molecule has 0 spiro atoms. The van der Waals surface area contributed by atoms with E-state index in [0.29, 0.717) is 0 Å². The van der Waals surface area contributed by atoms with Crippen molar-refractivity contribution in [1.29, 1.82) is 0 Å². The monoisotopic (exact) mass is 249 g/mol. The van der Waals surface area contributed by atoms with Gasteiger partial charge in [0.05, 0.1) is 6.54 Å². The van der Waals surface area contributed by atoms with Gasteiger partial charge in [-0.05, 0) is 18.9 Å². The van der Waals surface area contributed by atoms with Gasteiger partial charge in [-0.15, -0.1) is 0 Å². The van der Waals surface area contributed by atoms with Crippen LogP contribution in [0, 0.1) is 5.92 Å². The van der Waals surface area contributed by atoms with Gasteiger partial charge >= 0.3 is 0 Å². The molecule has 0 heterocycles. The second-order valence-corrected chi connectivity index (χ2v) is 5.05. The largest absolute Gasteiger partial charge is 0.384 e. The van der Waals surface area contributed by atoms with E-state index in [0.717, 1.165) is 18.4 Å². The molecule has 2 atom stereocenters. The number of benzene rings is 1. The molecule has 3 heteroatoms. The van der Waals surface area contributed by atoms with E-state index in [9.17, 15) is 9.90 Å². The molecule has 0 saturated heterocycles. The van der Waals surface area contributed by atoms with Gasteiger partial charge in [0.15, 0.2) is 0 Å². The first-order valence-electron chi connectivity index (χ1n) is 6.53. The van der Waals surface area contributed by atoms with Gasteiger partial charge in [-0.2, -0.15) is 0 Å². The van der Waals surface area contributed by atoms with E-state index in [4.69, 9.17) is 0 Å². The van der Waals surface area contributed by atoms with Crippen LogP contribution in [0.1, 0.15) is 39.2 Å². The molecule has 100 valence electrons. The molecule has 1 aromatic carbocycles. The summed E-state index contributed by atoms with van der Waals surface area (Å²) in [6.07, 6.45) is 1.86. The van der Waals surface area contributed by atoms with Crippen molar-refractivity contribution in [3.8, 4) is 0 Å². The number of carbonyl (C=O) groups is 1. The molecule has 2 unspecified atom stereocenters. The van der Waals surface area contributed by atoms with E-state index in [-0.39, 0.29) is 18.4 Å². The lowest BCUT2D eigenvalue weighted by Gasteiger charge is -2.25. The lowest BCUT2D eigenvalue weighted by atomic mass is 9.95. The van der Waals surface area contributed by atoms with Gasteiger partial charge in [0.25, 0.3) is 0 Å². The Bertz CT molecular complexity index is 373. The van der Waals surface area contributed by atoms with E-state index in [1.54, 1.807) is 6.92 Å². The second kappa shape index (κ2) is 6.55. The van der Waals surface area contributed by atoms with Crippen LogP contribution in [0.25, 0.3) is 0 Å². The molecule has 1 rings (SSSR count). The molecule has 0 radical (unpaired) electrons. The summed E-state index contributed by atoms with van der Waals surface area (Å²) in [5.74, 6) is 0.00892. The fourth-order valence-corrected chi connectivity index (χ4v) is 1.90. The SMILES string of the molecule is CCCC(C)C(=O)NCC(C)(O)c1ccccc1. The fourth-order valence-electron chi connectivity index (χ4n) is 1.90. The minimum absolute atomic E-state index is 0.00146. The molecule has 2 N–H and O–H groups in total. The molecule has 0 aromatic heterocycles. The van der Waals surface area contributed by atoms with E-state index in [1.807, 2.05) is 37.3 Å². The van der Waals surface area contributed by atoms with Gasteiger partial charge in [0, 0.05) is 5.92 Å². The molecule has 1 aromatic rings. The third-order valence-corrected chi connectivity index (χ3v) is 3.17. The van der Waals surface area contributed by atoms with Crippen LogP contribution in [-0.4, -0.2) is 17.6 Å². The smallest absolute Gasteiger partial charge is 0.222 e. The van der Waals surface area contributed by atoms with Gasteiger partial charge in [-0.25, -0.2) is 0 Å². The number of hydrogen-bond acceptors (Lipinski definition) is 2. The summed E-state index contributed by atoms with van der Waals surface area (Å²) in [7, 11) is 0. The van der Waals surface area contributed by atoms with Crippen molar-refractivity contribution < 1.29 is 9.90 Å². The highest BCUT2D eigenvalue weighted by atomic mass is 16.3. The van der Waals surface area contributed by atoms with Crippen molar-refractivity contribution in [2.24, 2.45) is 5.92 Å². The van der Waals surface area contributed by atoms with Crippen LogP contribution in [0.15, 0.2) is 30.3 Å². The number of hydrogen-bond donors (Lipinski definition) is 2. The van der Waals surface area contributed by atoms with Crippen molar-refractivity contribution >= 4 is 5.91 Å². The van der Waals surface area contributed by atoms with E-state index in [2.05, 4.69) is 12.2 Å². The molecule has 1 amide bonds. The van der Waals surface area contributed by atoms with E-state index in [1.165, 1.54) is 0 Å². The predicted molar refractivity (Wildman–Crippen MR) is 73.1 cm³/mol. The Hall–Kier alpha value is -1.35. The number of rotatable bonds is 6. The van der Waals surface area contributed by atoms with Gasteiger partial charge in [0.2, 0.25) is 5.91 Å². The zero-order valence-corrected chi connectivity index (χ0v) is 11.4. The van der Waals surface area contributed by atoms with E-state index >= 15 is 0 Å². The van der Waals surface area contributed by atoms with Crippen molar-refractivity contribution in [2.75, 3.05) is 6.54 Å². The normalized spacial score (nSPS) is 15.8. The Labute approximate surface area is 109 Å². The summed E-state index contributed by atoms with van der Waals surface area (Å²) < 4.78 is 0. The minimum atomic E-state index is -1.02. The molecular formula is C15H23NO2. The topological polar surface area (TPSA) is 49.3 Å². The van der Waals surface area contributed by atoms with Gasteiger partial charge in [0.1, 0.15) is 5.60 Å². The number of amides is 1. The number of nitrogens with one attached hydrogen (secondary N) is 1. The summed E-state index contributed by atoms with van der Waals surface area (Å²) in [5.41, 5.74) is -0.212. The average Bonchev–Trinajstić information content (AvgIpc) is 2.37. The van der Waals surface area contributed by atoms with Gasteiger partial charge in [-0.1, -0.05) is 50.6 Å². The fraction of sp³-hybridized carbons (Fsp3) is 0.533. The van der Waals surface area contributed by atoms with Crippen molar-refractivity contribution in [1.82, 2.24) is 5.32 Å². The molecule has 0 aliphatic carbocycles. The molecule has 0 saturated carbocycles. The third kappa shape index (κ3) is 4.15. The highest BCUT2D eigenvalue weighted by Crippen LogP contribution is 2.19. The van der Waals surface area contributed by atoms with E-state index < -0.39 is 5.60 Å². The van der Waals surface area contributed by atoms with Crippen molar-refractivity contribution in [3.63, 3.8) is 0 Å². The van der Waals surface area contributed by atoms with Crippen LogP contribution < -0.4 is 5.32 Å². The lowest BCUT2D eigenvalue weighted by molar-refractivity contribution is -0.125. The van der Waals surface area contributed by atoms with Gasteiger partial charge in [-0.3, -0.25) is 4.79 Å². The van der Waals surface area contributed by atoms with Crippen LogP contribution in [0.4, 0.5) is 0 Å². The predicted octanol–water partition coefficient (Wildman–Crippen LogP) is 2.45. The molecule has 18 heavy (non-hydrogen) atoms. The van der Waals surface area contributed by atoms with Crippen LogP contribution in [0.5, 0.6) is 0 Å².